The third kappa shape index (κ3) is 2.85. The van der Waals surface area contributed by atoms with Gasteiger partial charge in [-0.1, -0.05) is 26.2 Å². The third-order valence-electron chi connectivity index (χ3n) is 1.21. The molecule has 0 spiro atoms. The molecule has 51 valence electrons. The van der Waals surface area contributed by atoms with Crippen LogP contribution >= 0.6 is 0 Å². The summed E-state index contributed by atoms with van der Waals surface area (Å²) in [5.41, 5.74) is 1.16. The van der Waals surface area contributed by atoms with Crippen molar-refractivity contribution in [2.24, 2.45) is 0 Å². The Balaban J connectivity index is 0.000000810. The Morgan fingerprint density at radius 3 is 2.10 bits per heavy atom. The van der Waals surface area contributed by atoms with Gasteiger partial charge in [0, 0.05) is 39.0 Å². The van der Waals surface area contributed by atoms with Crippen molar-refractivity contribution in [2.75, 3.05) is 0 Å². The molecule has 2 nitrogen and oxygen atoms in total. The van der Waals surface area contributed by atoms with Crippen LogP contribution in [-0.2, 0) is 32.7 Å². The molecule has 0 atom stereocenters. The van der Waals surface area contributed by atoms with Gasteiger partial charge in [-0.05, 0) is 5.92 Å². The van der Waals surface area contributed by atoms with E-state index in [1.165, 1.54) is 0 Å². The minimum absolute atomic E-state index is 0. The molecular formula is C7H9N2Y-. The number of rotatable bonds is 1. The second-order valence-corrected chi connectivity index (χ2v) is 2.27. The van der Waals surface area contributed by atoms with Crippen molar-refractivity contribution >= 4 is 0 Å². The second-order valence-electron chi connectivity index (χ2n) is 2.27. The predicted octanol–water partition coefficient (Wildman–Crippen LogP) is 1.40. The maximum atomic E-state index is 3.77. The molecule has 0 bridgehead atoms. The molecule has 1 aromatic heterocycles. The molecule has 1 rings (SSSR count). The van der Waals surface area contributed by atoms with Crippen molar-refractivity contribution in [1.29, 1.82) is 0 Å². The van der Waals surface area contributed by atoms with Gasteiger partial charge in [0.2, 0.25) is 0 Å². The van der Waals surface area contributed by atoms with E-state index in [9.17, 15) is 0 Å². The van der Waals surface area contributed by atoms with Crippen molar-refractivity contribution in [3.05, 3.63) is 24.3 Å². The molecule has 0 fully saturated rings. The minimum Gasteiger partial charge on any atom is -0.374 e. The summed E-state index contributed by atoms with van der Waals surface area (Å²) in [5, 5.41) is 0. The van der Waals surface area contributed by atoms with Crippen molar-refractivity contribution in [3.8, 4) is 0 Å². The summed E-state index contributed by atoms with van der Waals surface area (Å²) >= 11 is 0. The van der Waals surface area contributed by atoms with Crippen LogP contribution in [-0.4, -0.2) is 9.97 Å². The Morgan fingerprint density at radius 1 is 1.30 bits per heavy atom. The Bertz CT molecular complexity index is 174. The number of nitrogens with zero attached hydrogens (tertiary/aromatic N) is 2. The zero-order valence-corrected chi connectivity index (χ0v) is 9.04. The summed E-state index contributed by atoms with van der Waals surface area (Å²) in [6, 6.07) is 0. The summed E-state index contributed by atoms with van der Waals surface area (Å²) in [7, 11) is 0. The van der Waals surface area contributed by atoms with E-state index in [1.807, 2.05) is 0 Å². The van der Waals surface area contributed by atoms with E-state index in [0.717, 1.165) is 5.56 Å². The first kappa shape index (κ1) is 10.2. The van der Waals surface area contributed by atoms with Crippen LogP contribution in [0.2, 0.25) is 0 Å². The number of aromatic nitrogens is 2. The molecule has 0 aromatic carbocycles. The summed E-state index contributed by atoms with van der Waals surface area (Å²) in [6.45, 7) is 4.22. The standard InChI is InChI=1S/C7H9N2.Y/c1-6(2)7-3-8-5-9-4-7;/h3-4,6H,1-2H3;/q-1;. The average molecular weight is 210 g/mol. The zero-order chi connectivity index (χ0) is 6.69. The van der Waals surface area contributed by atoms with Crippen LogP contribution in [0.5, 0.6) is 0 Å². The fraction of sp³-hybridized carbons (Fsp3) is 0.429. The first-order chi connectivity index (χ1) is 4.30. The molecule has 1 heterocycles. The van der Waals surface area contributed by atoms with Gasteiger partial charge >= 0.3 is 0 Å². The normalized spacial score (nSPS) is 9.10. The van der Waals surface area contributed by atoms with Gasteiger partial charge in [0.1, 0.15) is 0 Å². The van der Waals surface area contributed by atoms with E-state index < -0.39 is 0 Å². The van der Waals surface area contributed by atoms with Gasteiger partial charge in [-0.3, -0.25) is 0 Å². The summed E-state index contributed by atoms with van der Waals surface area (Å²) in [5.74, 6) is 0.514. The number of hydrogen-bond acceptors (Lipinski definition) is 2. The van der Waals surface area contributed by atoms with E-state index in [4.69, 9.17) is 0 Å². The molecule has 0 aliphatic carbocycles. The Kier molecular flexibility index (Phi) is 5.01. The largest absolute Gasteiger partial charge is 0.374 e. The fourth-order valence-electron chi connectivity index (χ4n) is 0.572. The van der Waals surface area contributed by atoms with Crippen LogP contribution in [0.3, 0.4) is 0 Å². The average Bonchev–Trinajstić information content (AvgIpc) is 1.90. The topological polar surface area (TPSA) is 25.8 Å². The third-order valence-corrected chi connectivity index (χ3v) is 1.21. The molecule has 0 aliphatic rings. The molecule has 1 aromatic rings. The Hall–Kier alpha value is 0.184. The van der Waals surface area contributed by atoms with Crippen molar-refractivity contribution in [3.63, 3.8) is 0 Å². The van der Waals surface area contributed by atoms with Gasteiger partial charge in [0.05, 0.1) is 0 Å². The fourth-order valence-corrected chi connectivity index (χ4v) is 0.572. The van der Waals surface area contributed by atoms with Crippen molar-refractivity contribution in [1.82, 2.24) is 9.97 Å². The zero-order valence-electron chi connectivity index (χ0n) is 6.20. The quantitative estimate of drug-likeness (QED) is 0.654. The van der Waals surface area contributed by atoms with Gasteiger partial charge in [-0.2, -0.15) is 0 Å². The predicted molar refractivity (Wildman–Crippen MR) is 35.0 cm³/mol. The smallest absolute Gasteiger partial charge is 0.0213 e. The molecule has 1 radical (unpaired) electrons. The van der Waals surface area contributed by atoms with Crippen LogP contribution in [0.15, 0.2) is 12.4 Å². The van der Waals surface area contributed by atoms with E-state index in [-0.39, 0.29) is 32.7 Å². The molecule has 3 heteroatoms. The van der Waals surface area contributed by atoms with Gasteiger partial charge in [-0.15, -0.1) is 5.56 Å². The van der Waals surface area contributed by atoms with Gasteiger partial charge in [0.25, 0.3) is 0 Å². The van der Waals surface area contributed by atoms with Crippen molar-refractivity contribution < 1.29 is 32.7 Å². The molecule has 0 amide bonds. The van der Waals surface area contributed by atoms with Crippen LogP contribution in [0.1, 0.15) is 25.3 Å². The summed E-state index contributed by atoms with van der Waals surface area (Å²) in [4.78, 5) is 7.54. The molecule has 10 heavy (non-hydrogen) atoms. The van der Waals surface area contributed by atoms with Gasteiger partial charge in [0.15, 0.2) is 0 Å². The minimum atomic E-state index is 0. The molecule has 0 saturated carbocycles. The Labute approximate surface area is 86.3 Å². The molecule has 0 aliphatic heterocycles. The SMILES string of the molecule is CC(C)c1cn[c-]nc1.[Y]. The van der Waals surface area contributed by atoms with Gasteiger partial charge in [-0.25, -0.2) is 0 Å². The molecular weight excluding hydrogens is 201 g/mol. The molecule has 0 N–H and O–H groups in total. The summed E-state index contributed by atoms with van der Waals surface area (Å²) < 4.78 is 0. The van der Waals surface area contributed by atoms with Gasteiger partial charge < -0.3 is 9.97 Å². The number of hydrogen-bond donors (Lipinski definition) is 0. The van der Waals surface area contributed by atoms with Crippen LogP contribution in [0.25, 0.3) is 0 Å². The van der Waals surface area contributed by atoms with Crippen molar-refractivity contribution in [2.45, 2.75) is 19.8 Å². The van der Waals surface area contributed by atoms with Crippen LogP contribution in [0, 0.1) is 6.33 Å². The maximum Gasteiger partial charge on any atom is 0.0213 e. The maximum absolute atomic E-state index is 3.77. The second kappa shape index (κ2) is 4.92. The van der Waals surface area contributed by atoms with E-state index in [2.05, 4.69) is 30.1 Å². The Morgan fingerprint density at radius 2 is 1.80 bits per heavy atom. The first-order valence-electron chi connectivity index (χ1n) is 2.98. The van der Waals surface area contributed by atoms with Crippen LogP contribution < -0.4 is 0 Å². The van der Waals surface area contributed by atoms with E-state index in [0.29, 0.717) is 5.92 Å². The van der Waals surface area contributed by atoms with Crippen LogP contribution in [0.4, 0.5) is 0 Å². The molecule has 0 unspecified atom stereocenters. The first-order valence-corrected chi connectivity index (χ1v) is 2.98. The molecule has 0 saturated heterocycles. The monoisotopic (exact) mass is 210 g/mol. The summed E-state index contributed by atoms with van der Waals surface area (Å²) in [6.07, 6.45) is 6.07. The van der Waals surface area contributed by atoms with E-state index >= 15 is 0 Å². The van der Waals surface area contributed by atoms with E-state index in [1.54, 1.807) is 12.4 Å².